The summed E-state index contributed by atoms with van der Waals surface area (Å²) in [6.07, 6.45) is 5.79. The molecule has 57 heavy (non-hydrogen) atoms. The fourth-order valence-electron chi connectivity index (χ4n) is 8.45. The van der Waals surface area contributed by atoms with Crippen molar-refractivity contribution in [1.82, 2.24) is 24.2 Å². The van der Waals surface area contributed by atoms with Crippen LogP contribution in [0.5, 0.6) is 0 Å². The average Bonchev–Trinajstić information content (AvgIpc) is 3.51. The van der Waals surface area contributed by atoms with Crippen LogP contribution in [0.2, 0.25) is 0 Å². The molecular formula is C48H64N6O3. The second kappa shape index (κ2) is 18.6. The Hall–Kier alpha value is -4.89. The van der Waals surface area contributed by atoms with Crippen LogP contribution in [0.3, 0.4) is 0 Å². The molecule has 4 aromatic rings. The summed E-state index contributed by atoms with van der Waals surface area (Å²) in [7, 11) is 8.24. The van der Waals surface area contributed by atoms with Crippen molar-refractivity contribution in [3.63, 3.8) is 0 Å². The number of rotatable bonds is 15. The number of carbonyl (C=O) groups is 3. The smallest absolute Gasteiger partial charge is 0.255 e. The molecule has 0 radical (unpaired) electrons. The molecule has 2 aliphatic heterocycles. The first kappa shape index (κ1) is 41.7. The van der Waals surface area contributed by atoms with Crippen molar-refractivity contribution in [1.29, 1.82) is 0 Å². The van der Waals surface area contributed by atoms with Gasteiger partial charge in [-0.05, 0) is 106 Å². The van der Waals surface area contributed by atoms with Crippen molar-refractivity contribution in [3.8, 4) is 11.3 Å². The number of nitrogens with zero attached hydrogens (tertiary/aromatic N) is 6. The number of hydrogen-bond acceptors (Lipinski definition) is 5. The van der Waals surface area contributed by atoms with Crippen LogP contribution in [0.1, 0.15) is 101 Å². The maximum Gasteiger partial charge on any atom is 0.255 e. The van der Waals surface area contributed by atoms with E-state index in [-0.39, 0.29) is 23.8 Å². The van der Waals surface area contributed by atoms with Crippen LogP contribution in [-0.2, 0) is 44.2 Å². The summed E-state index contributed by atoms with van der Waals surface area (Å²) >= 11 is 0. The summed E-state index contributed by atoms with van der Waals surface area (Å²) in [6.45, 7) is 13.3. The summed E-state index contributed by atoms with van der Waals surface area (Å²) in [5.41, 5.74) is 10.6. The fourth-order valence-corrected chi connectivity index (χ4v) is 8.45. The zero-order valence-corrected chi connectivity index (χ0v) is 35.7. The third kappa shape index (κ3) is 9.30. The number of unbranched alkanes of at least 4 members (excludes halogenated alkanes) is 2. The van der Waals surface area contributed by atoms with Gasteiger partial charge in [-0.2, -0.15) is 0 Å². The van der Waals surface area contributed by atoms with Gasteiger partial charge in [-0.25, -0.2) is 0 Å². The first-order valence-corrected chi connectivity index (χ1v) is 21.1. The van der Waals surface area contributed by atoms with Crippen molar-refractivity contribution in [3.05, 3.63) is 111 Å². The van der Waals surface area contributed by atoms with Gasteiger partial charge in [-0.1, -0.05) is 69.2 Å². The van der Waals surface area contributed by atoms with E-state index in [1.165, 1.54) is 11.1 Å². The highest BCUT2D eigenvalue weighted by molar-refractivity contribution is 6.03. The van der Waals surface area contributed by atoms with Gasteiger partial charge in [0.15, 0.2) is 0 Å². The van der Waals surface area contributed by atoms with E-state index in [9.17, 15) is 14.4 Å². The average molecular weight is 773 g/mol. The quantitative estimate of drug-likeness (QED) is 0.124. The zero-order chi connectivity index (χ0) is 40.8. The Bertz CT molecular complexity index is 2060. The summed E-state index contributed by atoms with van der Waals surface area (Å²) in [5, 5.41) is 0. The SMILES string of the molecule is CCCCN(CCCC)C(=O)c1cc(-c2cc3c(cc2C(=O)N2Cc4ccccc4C[C@H]2C)CN(C(=O)Cc2ccccc2N(C)CCN(C)C)CC3)n(C)c1C. The molecule has 1 atom stereocenters. The lowest BCUT2D eigenvalue weighted by molar-refractivity contribution is -0.131. The summed E-state index contributed by atoms with van der Waals surface area (Å²) in [5.74, 6) is 0.124. The Kier molecular flexibility index (Phi) is 13.6. The Morgan fingerprint density at radius 1 is 0.772 bits per heavy atom. The normalized spacial score (nSPS) is 15.1. The Labute approximate surface area is 341 Å². The molecule has 0 fully saturated rings. The third-order valence-electron chi connectivity index (χ3n) is 12.2. The molecule has 9 nitrogen and oxygen atoms in total. The van der Waals surface area contributed by atoms with E-state index in [1.807, 2.05) is 52.9 Å². The second-order valence-electron chi connectivity index (χ2n) is 16.6. The Balaban J connectivity index is 1.35. The van der Waals surface area contributed by atoms with Crippen molar-refractivity contribution in [2.75, 3.05) is 58.8 Å². The highest BCUT2D eigenvalue weighted by Gasteiger charge is 2.32. The molecule has 9 heteroatoms. The van der Waals surface area contributed by atoms with Gasteiger partial charge in [-0.3, -0.25) is 14.4 Å². The van der Waals surface area contributed by atoms with E-state index in [4.69, 9.17) is 0 Å². The molecular weight excluding hydrogens is 709 g/mol. The van der Waals surface area contributed by atoms with E-state index in [0.717, 1.165) is 97.6 Å². The molecule has 6 rings (SSSR count). The summed E-state index contributed by atoms with van der Waals surface area (Å²) < 4.78 is 2.09. The first-order valence-electron chi connectivity index (χ1n) is 21.1. The molecule has 3 amide bonds. The van der Waals surface area contributed by atoms with Gasteiger partial charge >= 0.3 is 0 Å². The highest BCUT2D eigenvalue weighted by Crippen LogP contribution is 2.36. The van der Waals surface area contributed by atoms with Crippen molar-refractivity contribution in [2.45, 2.75) is 91.8 Å². The lowest BCUT2D eigenvalue weighted by atomic mass is 9.89. The van der Waals surface area contributed by atoms with Crippen LogP contribution < -0.4 is 4.90 Å². The molecule has 0 unspecified atom stereocenters. The number of amides is 3. The minimum Gasteiger partial charge on any atom is -0.373 e. The fraction of sp³-hybridized carbons (Fsp3) is 0.479. The van der Waals surface area contributed by atoms with E-state index in [1.54, 1.807) is 0 Å². The number of para-hydroxylation sites is 1. The van der Waals surface area contributed by atoms with Crippen LogP contribution >= 0.6 is 0 Å². The summed E-state index contributed by atoms with van der Waals surface area (Å²) in [6, 6.07) is 22.9. The first-order chi connectivity index (χ1) is 27.4. The lowest BCUT2D eigenvalue weighted by Gasteiger charge is -2.36. The number of carbonyl (C=O) groups excluding carboxylic acids is 3. The van der Waals surface area contributed by atoms with E-state index < -0.39 is 0 Å². The van der Waals surface area contributed by atoms with Gasteiger partial charge in [0, 0.05) is 94.2 Å². The van der Waals surface area contributed by atoms with Gasteiger partial charge in [0.25, 0.3) is 11.8 Å². The van der Waals surface area contributed by atoms with Crippen LogP contribution in [0, 0.1) is 6.92 Å². The molecule has 0 aliphatic carbocycles. The Morgan fingerprint density at radius 2 is 1.46 bits per heavy atom. The van der Waals surface area contributed by atoms with E-state index in [2.05, 4.69) is 98.7 Å². The largest absolute Gasteiger partial charge is 0.373 e. The predicted octanol–water partition coefficient (Wildman–Crippen LogP) is 7.76. The van der Waals surface area contributed by atoms with Gasteiger partial charge in [0.2, 0.25) is 5.91 Å². The van der Waals surface area contributed by atoms with E-state index in [0.29, 0.717) is 43.6 Å². The third-order valence-corrected chi connectivity index (χ3v) is 12.2. The van der Waals surface area contributed by atoms with Crippen molar-refractivity contribution in [2.24, 2.45) is 7.05 Å². The summed E-state index contributed by atoms with van der Waals surface area (Å²) in [4.78, 5) is 53.6. The Morgan fingerprint density at radius 3 is 2.16 bits per heavy atom. The second-order valence-corrected chi connectivity index (χ2v) is 16.6. The van der Waals surface area contributed by atoms with Gasteiger partial charge in [0.05, 0.1) is 12.0 Å². The van der Waals surface area contributed by atoms with Crippen molar-refractivity contribution < 1.29 is 14.4 Å². The van der Waals surface area contributed by atoms with Gasteiger partial charge < -0.3 is 29.1 Å². The van der Waals surface area contributed by atoms with Crippen LogP contribution in [0.4, 0.5) is 5.69 Å². The molecule has 2 aliphatic rings. The number of fused-ring (bicyclic) bond motifs is 2. The molecule has 0 N–H and O–H groups in total. The van der Waals surface area contributed by atoms with Crippen molar-refractivity contribution >= 4 is 23.4 Å². The molecule has 0 bridgehead atoms. The number of benzene rings is 3. The molecule has 0 spiro atoms. The number of hydrogen-bond donors (Lipinski definition) is 0. The standard InChI is InChI=1S/C48H64N6O3/c1-9-11-22-52(23-12-10-2)47(56)41-31-45(51(8)35(41)4)42-28-37-21-24-53(46(55)30-38-18-15-16-20-44(38)50(7)26-25-49(5)6)32-40(37)29-43(42)48(57)54-33-39-19-14-13-17-36(39)27-34(54)3/h13-20,28-29,31,34H,9-12,21-27,30,32-33H2,1-8H3/t34-/m1/s1. The van der Waals surface area contributed by atoms with Gasteiger partial charge in [0.1, 0.15) is 0 Å². The molecule has 0 saturated carbocycles. The number of likely N-dealkylation sites (N-methyl/N-ethyl adjacent to an activating group) is 2. The number of aromatic nitrogens is 1. The van der Waals surface area contributed by atoms with Crippen LogP contribution in [-0.4, -0.2) is 102 Å². The highest BCUT2D eigenvalue weighted by atomic mass is 16.2. The maximum absolute atomic E-state index is 15.0. The van der Waals surface area contributed by atoms with Crippen LogP contribution in [0.25, 0.3) is 11.3 Å². The monoisotopic (exact) mass is 773 g/mol. The van der Waals surface area contributed by atoms with Crippen LogP contribution in [0.15, 0.2) is 66.7 Å². The van der Waals surface area contributed by atoms with E-state index >= 15 is 0 Å². The molecule has 3 aromatic carbocycles. The molecule has 1 aromatic heterocycles. The maximum atomic E-state index is 15.0. The minimum absolute atomic E-state index is 0.0169. The number of anilines is 1. The minimum atomic E-state index is -0.0211. The zero-order valence-electron chi connectivity index (χ0n) is 35.7. The topological polar surface area (TPSA) is 72.3 Å². The molecule has 304 valence electrons. The van der Waals surface area contributed by atoms with Gasteiger partial charge in [-0.15, -0.1) is 0 Å². The predicted molar refractivity (Wildman–Crippen MR) is 232 cm³/mol. The molecule has 0 saturated heterocycles. The molecule has 3 heterocycles. The lowest BCUT2D eigenvalue weighted by Crippen LogP contribution is -2.43.